The van der Waals surface area contributed by atoms with Gasteiger partial charge in [-0.15, -0.1) is 0 Å². The fraction of sp³-hybridized carbons (Fsp3) is 0.130. The van der Waals surface area contributed by atoms with Crippen molar-refractivity contribution < 1.29 is 18.0 Å². The zero-order chi connectivity index (χ0) is 22.6. The number of halogens is 4. The molecule has 0 unspecified atom stereocenters. The first-order valence-corrected chi connectivity index (χ1v) is 9.61. The average molecular weight is 446 g/mol. The Bertz CT molecular complexity index is 1110. The standard InChI is InChI=1S/C23H19ClF3N3O/c1-30(2)22-14-17(23(25,26)27)13-20(29-22)15-4-3-5-16(12-15)21(31)10-11-28-19-8-6-18(24)7-9-19/h3-14,28H,1-2H3/b11-10+. The molecule has 3 rings (SSSR count). The van der Waals surface area contributed by atoms with Gasteiger partial charge in [-0.2, -0.15) is 13.2 Å². The molecular formula is C23H19ClF3N3O. The number of anilines is 2. The van der Waals surface area contributed by atoms with E-state index < -0.39 is 11.7 Å². The zero-order valence-electron chi connectivity index (χ0n) is 16.7. The Morgan fingerprint density at radius 2 is 1.77 bits per heavy atom. The number of ketones is 1. The maximum atomic E-state index is 13.3. The minimum atomic E-state index is -4.51. The lowest BCUT2D eigenvalue weighted by atomic mass is 10.0. The van der Waals surface area contributed by atoms with Crippen LogP contribution in [0.15, 0.2) is 72.9 Å². The molecule has 2 aromatic carbocycles. The number of nitrogens with one attached hydrogen (secondary N) is 1. The van der Waals surface area contributed by atoms with Crippen LogP contribution in [0.1, 0.15) is 15.9 Å². The van der Waals surface area contributed by atoms with Crippen molar-refractivity contribution in [1.29, 1.82) is 0 Å². The molecule has 0 amide bonds. The fourth-order valence-corrected chi connectivity index (χ4v) is 2.87. The highest BCUT2D eigenvalue weighted by molar-refractivity contribution is 6.30. The highest BCUT2D eigenvalue weighted by Gasteiger charge is 2.32. The number of hydrogen-bond donors (Lipinski definition) is 1. The van der Waals surface area contributed by atoms with Gasteiger partial charge in [-0.05, 0) is 42.5 Å². The topological polar surface area (TPSA) is 45.2 Å². The van der Waals surface area contributed by atoms with Crippen LogP contribution in [0, 0.1) is 0 Å². The molecule has 0 saturated heterocycles. The maximum absolute atomic E-state index is 13.3. The molecule has 0 spiro atoms. The first-order valence-electron chi connectivity index (χ1n) is 9.23. The molecule has 160 valence electrons. The predicted molar refractivity (Wildman–Crippen MR) is 118 cm³/mol. The van der Waals surface area contributed by atoms with Crippen molar-refractivity contribution >= 4 is 28.9 Å². The summed E-state index contributed by atoms with van der Waals surface area (Å²) in [6.45, 7) is 0. The molecule has 3 aromatic rings. The Labute approximate surface area is 183 Å². The SMILES string of the molecule is CN(C)c1cc(C(F)(F)F)cc(-c2cccc(C(=O)/C=C/Nc3ccc(Cl)cc3)c2)n1. The Morgan fingerprint density at radius 3 is 2.42 bits per heavy atom. The minimum absolute atomic E-state index is 0.136. The lowest BCUT2D eigenvalue weighted by molar-refractivity contribution is -0.137. The van der Waals surface area contributed by atoms with Gasteiger partial charge < -0.3 is 10.2 Å². The number of aromatic nitrogens is 1. The normalized spacial score (nSPS) is 11.5. The van der Waals surface area contributed by atoms with Crippen molar-refractivity contribution in [3.8, 4) is 11.3 Å². The van der Waals surface area contributed by atoms with Crippen LogP contribution in [0.3, 0.4) is 0 Å². The Hall–Kier alpha value is -3.32. The van der Waals surface area contributed by atoms with E-state index in [9.17, 15) is 18.0 Å². The molecule has 31 heavy (non-hydrogen) atoms. The summed E-state index contributed by atoms with van der Waals surface area (Å²) in [6.07, 6.45) is -1.67. The third-order valence-electron chi connectivity index (χ3n) is 4.37. The summed E-state index contributed by atoms with van der Waals surface area (Å²) in [5.74, 6) is -0.128. The molecule has 0 atom stereocenters. The number of allylic oxidation sites excluding steroid dienone is 1. The van der Waals surface area contributed by atoms with Crippen LogP contribution in [0.4, 0.5) is 24.7 Å². The van der Waals surface area contributed by atoms with Crippen LogP contribution < -0.4 is 10.2 Å². The number of nitrogens with zero attached hydrogens (tertiary/aromatic N) is 2. The quantitative estimate of drug-likeness (QED) is 0.357. The maximum Gasteiger partial charge on any atom is 0.416 e. The summed E-state index contributed by atoms with van der Waals surface area (Å²) in [4.78, 5) is 18.3. The van der Waals surface area contributed by atoms with Crippen molar-refractivity contribution in [2.24, 2.45) is 0 Å². The summed E-state index contributed by atoms with van der Waals surface area (Å²) in [7, 11) is 3.23. The predicted octanol–water partition coefficient (Wildman–Crippen LogP) is 6.30. The van der Waals surface area contributed by atoms with Crippen LogP contribution in [0.25, 0.3) is 11.3 Å². The first-order chi connectivity index (χ1) is 14.6. The van der Waals surface area contributed by atoms with Gasteiger partial charge in [-0.1, -0.05) is 29.8 Å². The van der Waals surface area contributed by atoms with E-state index in [1.165, 1.54) is 23.2 Å². The lowest BCUT2D eigenvalue weighted by Crippen LogP contribution is -2.14. The van der Waals surface area contributed by atoms with E-state index in [1.54, 1.807) is 56.6 Å². The van der Waals surface area contributed by atoms with Gasteiger partial charge in [0.15, 0.2) is 5.78 Å². The minimum Gasteiger partial charge on any atom is -0.363 e. The van der Waals surface area contributed by atoms with Crippen molar-refractivity contribution in [3.63, 3.8) is 0 Å². The average Bonchev–Trinajstić information content (AvgIpc) is 2.74. The van der Waals surface area contributed by atoms with Crippen molar-refractivity contribution in [2.45, 2.75) is 6.18 Å². The van der Waals surface area contributed by atoms with E-state index >= 15 is 0 Å². The van der Waals surface area contributed by atoms with Gasteiger partial charge >= 0.3 is 6.18 Å². The Morgan fingerprint density at radius 1 is 1.06 bits per heavy atom. The monoisotopic (exact) mass is 445 g/mol. The molecule has 1 N–H and O–H groups in total. The largest absolute Gasteiger partial charge is 0.416 e. The van der Waals surface area contributed by atoms with Crippen LogP contribution in [0.2, 0.25) is 5.02 Å². The number of hydrogen-bond acceptors (Lipinski definition) is 4. The zero-order valence-corrected chi connectivity index (χ0v) is 17.5. The second-order valence-corrected chi connectivity index (χ2v) is 7.36. The highest BCUT2D eigenvalue weighted by Crippen LogP contribution is 2.34. The van der Waals surface area contributed by atoms with Gasteiger partial charge in [0, 0.05) is 48.2 Å². The summed E-state index contributed by atoms with van der Waals surface area (Å²) in [5, 5.41) is 3.56. The van der Waals surface area contributed by atoms with Crippen LogP contribution in [-0.4, -0.2) is 24.9 Å². The summed E-state index contributed by atoms with van der Waals surface area (Å²) < 4.78 is 39.9. The van der Waals surface area contributed by atoms with E-state index in [2.05, 4.69) is 10.3 Å². The van der Waals surface area contributed by atoms with Crippen LogP contribution in [0.5, 0.6) is 0 Å². The van der Waals surface area contributed by atoms with Crippen LogP contribution in [-0.2, 0) is 6.18 Å². The van der Waals surface area contributed by atoms with Gasteiger partial charge in [0.1, 0.15) is 5.82 Å². The number of carbonyl (C=O) groups excluding carboxylic acids is 1. The molecular weight excluding hydrogens is 427 g/mol. The molecule has 0 bridgehead atoms. The number of benzene rings is 2. The van der Waals surface area contributed by atoms with E-state index in [-0.39, 0.29) is 17.3 Å². The van der Waals surface area contributed by atoms with Crippen molar-refractivity contribution in [3.05, 3.63) is 89.1 Å². The number of carbonyl (C=O) groups is 1. The smallest absolute Gasteiger partial charge is 0.363 e. The van der Waals surface area contributed by atoms with Gasteiger partial charge in [0.2, 0.25) is 0 Å². The molecule has 1 aromatic heterocycles. The van der Waals surface area contributed by atoms with Gasteiger partial charge in [0.25, 0.3) is 0 Å². The second-order valence-electron chi connectivity index (χ2n) is 6.92. The molecule has 0 fully saturated rings. The summed E-state index contributed by atoms with van der Waals surface area (Å²) in [6, 6.07) is 15.3. The third kappa shape index (κ3) is 5.86. The van der Waals surface area contributed by atoms with E-state index in [1.807, 2.05) is 0 Å². The highest BCUT2D eigenvalue weighted by atomic mass is 35.5. The molecule has 4 nitrogen and oxygen atoms in total. The molecule has 8 heteroatoms. The molecule has 0 saturated carbocycles. The van der Waals surface area contributed by atoms with E-state index in [4.69, 9.17) is 11.6 Å². The molecule has 0 aliphatic rings. The van der Waals surface area contributed by atoms with Crippen LogP contribution >= 0.6 is 11.6 Å². The third-order valence-corrected chi connectivity index (χ3v) is 4.62. The first kappa shape index (κ1) is 22.4. The molecule has 0 radical (unpaired) electrons. The second kappa shape index (κ2) is 9.22. The Kier molecular flexibility index (Phi) is 6.65. The Balaban J connectivity index is 1.85. The van der Waals surface area contributed by atoms with Gasteiger partial charge in [0.05, 0.1) is 11.3 Å². The fourth-order valence-electron chi connectivity index (χ4n) is 2.74. The van der Waals surface area contributed by atoms with Crippen molar-refractivity contribution in [2.75, 3.05) is 24.3 Å². The van der Waals surface area contributed by atoms with Crippen molar-refractivity contribution in [1.82, 2.24) is 4.98 Å². The molecule has 1 heterocycles. The molecule has 0 aliphatic carbocycles. The number of rotatable bonds is 6. The van der Waals surface area contributed by atoms with E-state index in [0.29, 0.717) is 16.1 Å². The number of alkyl halides is 3. The number of pyridine rings is 1. The lowest BCUT2D eigenvalue weighted by Gasteiger charge is -2.16. The van der Waals surface area contributed by atoms with E-state index in [0.717, 1.165) is 17.8 Å². The summed E-state index contributed by atoms with van der Waals surface area (Å²) >= 11 is 5.83. The van der Waals surface area contributed by atoms with Gasteiger partial charge in [-0.3, -0.25) is 4.79 Å². The molecule has 0 aliphatic heterocycles. The summed E-state index contributed by atoms with van der Waals surface area (Å²) in [5.41, 5.74) is 0.837. The van der Waals surface area contributed by atoms with Gasteiger partial charge in [-0.25, -0.2) is 4.98 Å².